The first-order chi connectivity index (χ1) is 23.6. The minimum atomic E-state index is -0.0984. The van der Waals surface area contributed by atoms with Crippen molar-refractivity contribution in [3.63, 3.8) is 0 Å². The van der Waals surface area contributed by atoms with Crippen LogP contribution in [0.3, 0.4) is 0 Å². The highest BCUT2D eigenvalue weighted by atomic mass is 16.1. The van der Waals surface area contributed by atoms with E-state index in [4.69, 9.17) is 0 Å². The van der Waals surface area contributed by atoms with E-state index in [0.717, 1.165) is 66.3 Å². The van der Waals surface area contributed by atoms with Gasteiger partial charge in [-0.1, -0.05) is 187 Å². The highest BCUT2D eigenvalue weighted by Gasteiger charge is 2.29. The van der Waals surface area contributed by atoms with E-state index in [1.165, 1.54) is 44.1 Å². The van der Waals surface area contributed by atoms with Crippen LogP contribution in [0.5, 0.6) is 0 Å². The molecule has 0 unspecified atom stereocenters. The fourth-order valence-corrected chi connectivity index (χ4v) is 6.77. The number of hydrogen-bond acceptors (Lipinski definition) is 2. The third-order valence-corrected chi connectivity index (χ3v) is 9.44. The molecular weight excluding hydrogens is 585 g/mol. The Labute approximate surface area is 288 Å². The molecule has 0 heterocycles. The maximum Gasteiger partial charge on any atom is 0.194 e. The summed E-state index contributed by atoms with van der Waals surface area (Å²) in [5, 5.41) is 0. The molecule has 0 atom stereocenters. The second kappa shape index (κ2) is 18.1. The zero-order valence-electron chi connectivity index (χ0n) is 28.8. The Kier molecular flexibility index (Phi) is 13.1. The molecule has 0 aromatic heterocycles. The molecule has 0 saturated carbocycles. The van der Waals surface area contributed by atoms with Crippen LogP contribution in [-0.2, 0) is 12.8 Å². The van der Waals surface area contributed by atoms with Crippen LogP contribution in [-0.4, -0.2) is 11.6 Å². The lowest BCUT2D eigenvalue weighted by atomic mass is 9.79. The van der Waals surface area contributed by atoms with Crippen molar-refractivity contribution in [2.24, 2.45) is 0 Å². The van der Waals surface area contributed by atoms with Crippen LogP contribution in [0.25, 0.3) is 22.3 Å². The van der Waals surface area contributed by atoms with Crippen LogP contribution < -0.4 is 0 Å². The molecule has 0 N–H and O–H groups in total. The number of hydrogen-bond donors (Lipinski definition) is 0. The molecule has 5 aromatic rings. The molecule has 0 aliphatic heterocycles. The van der Waals surface area contributed by atoms with E-state index in [2.05, 4.69) is 68.4 Å². The molecule has 5 aromatic carbocycles. The van der Waals surface area contributed by atoms with E-state index < -0.39 is 0 Å². The fourth-order valence-electron chi connectivity index (χ4n) is 6.77. The molecule has 246 valence electrons. The van der Waals surface area contributed by atoms with Gasteiger partial charge in [-0.3, -0.25) is 9.59 Å². The quantitative estimate of drug-likeness (QED) is 0.0710. The summed E-state index contributed by atoms with van der Waals surface area (Å²) in [4.78, 5) is 29.5. The summed E-state index contributed by atoms with van der Waals surface area (Å²) >= 11 is 0. The van der Waals surface area contributed by atoms with E-state index >= 15 is 0 Å². The highest BCUT2D eigenvalue weighted by Crippen LogP contribution is 2.37. The van der Waals surface area contributed by atoms with Crippen LogP contribution in [0.2, 0.25) is 0 Å². The maximum atomic E-state index is 14.8. The largest absolute Gasteiger partial charge is 0.289 e. The summed E-state index contributed by atoms with van der Waals surface area (Å²) in [6.07, 6.45) is 13.3. The number of carbonyl (C=O) groups is 2. The predicted molar refractivity (Wildman–Crippen MR) is 202 cm³/mol. The van der Waals surface area contributed by atoms with Gasteiger partial charge in [0.25, 0.3) is 0 Å². The molecule has 0 saturated heterocycles. The Hall–Kier alpha value is -4.56. The molecule has 0 radical (unpaired) electrons. The third kappa shape index (κ3) is 8.86. The monoisotopic (exact) mass is 634 g/mol. The van der Waals surface area contributed by atoms with Crippen molar-refractivity contribution in [1.29, 1.82) is 0 Å². The predicted octanol–water partition coefficient (Wildman–Crippen LogP) is 12.5. The molecule has 0 spiro atoms. The lowest BCUT2D eigenvalue weighted by Crippen LogP contribution is -2.18. The van der Waals surface area contributed by atoms with E-state index in [0.29, 0.717) is 22.3 Å². The minimum absolute atomic E-state index is 0.0616. The number of aryl methyl sites for hydroxylation is 1. The minimum Gasteiger partial charge on any atom is -0.289 e. The van der Waals surface area contributed by atoms with Gasteiger partial charge in [0.05, 0.1) is 0 Å². The van der Waals surface area contributed by atoms with E-state index in [1.54, 1.807) is 0 Å². The van der Waals surface area contributed by atoms with Crippen LogP contribution in [0.15, 0.2) is 121 Å². The van der Waals surface area contributed by atoms with E-state index in [9.17, 15) is 9.59 Å². The van der Waals surface area contributed by atoms with Gasteiger partial charge in [0.15, 0.2) is 11.6 Å². The standard InChI is InChI=1S/C46H50O2/c1-3-5-7-9-14-28-40-34-42(37-32-30-36(31-33-37)35-22-15-11-16-23-35)44(46(48)39-26-19-13-20-27-39)43(41(40)29-21-10-8-6-4-2)45(47)38-24-17-12-18-25-38/h11-13,15-20,22-27,30-34H,3-10,14,21,28-29H2,1-2H3. The Morgan fingerprint density at radius 1 is 0.438 bits per heavy atom. The highest BCUT2D eigenvalue weighted by molar-refractivity contribution is 6.23. The first-order valence-corrected chi connectivity index (χ1v) is 18.2. The Bertz CT molecular complexity index is 1740. The van der Waals surface area contributed by atoms with Crippen molar-refractivity contribution in [3.8, 4) is 22.3 Å². The van der Waals surface area contributed by atoms with Crippen LogP contribution in [0, 0.1) is 0 Å². The van der Waals surface area contributed by atoms with Crippen LogP contribution in [0.4, 0.5) is 0 Å². The molecule has 0 fully saturated rings. The molecule has 2 nitrogen and oxygen atoms in total. The van der Waals surface area contributed by atoms with Gasteiger partial charge in [0.2, 0.25) is 0 Å². The molecule has 5 rings (SSSR count). The second-order valence-electron chi connectivity index (χ2n) is 13.0. The summed E-state index contributed by atoms with van der Waals surface area (Å²) < 4.78 is 0. The van der Waals surface area contributed by atoms with Gasteiger partial charge in [0.1, 0.15) is 0 Å². The third-order valence-electron chi connectivity index (χ3n) is 9.44. The number of rotatable bonds is 18. The van der Waals surface area contributed by atoms with Gasteiger partial charge < -0.3 is 0 Å². The molecule has 48 heavy (non-hydrogen) atoms. The van der Waals surface area contributed by atoms with Crippen molar-refractivity contribution in [2.45, 2.75) is 90.9 Å². The molecule has 0 aliphatic rings. The average molecular weight is 635 g/mol. The molecule has 0 bridgehead atoms. The topological polar surface area (TPSA) is 34.1 Å². The van der Waals surface area contributed by atoms with Crippen molar-refractivity contribution < 1.29 is 9.59 Å². The smallest absolute Gasteiger partial charge is 0.194 e. The van der Waals surface area contributed by atoms with Gasteiger partial charge in [-0.25, -0.2) is 0 Å². The summed E-state index contributed by atoms with van der Waals surface area (Å²) in [5.41, 5.74) is 8.71. The first kappa shape index (κ1) is 34.8. The Morgan fingerprint density at radius 3 is 1.42 bits per heavy atom. The molecule has 0 amide bonds. The number of benzene rings is 5. The summed E-state index contributed by atoms with van der Waals surface area (Å²) in [5.74, 6) is -0.160. The first-order valence-electron chi connectivity index (χ1n) is 18.2. The van der Waals surface area contributed by atoms with Crippen LogP contribution in [0.1, 0.15) is 121 Å². The molecule has 2 heteroatoms. The van der Waals surface area contributed by atoms with E-state index in [-0.39, 0.29) is 11.6 Å². The molecule has 0 aliphatic carbocycles. The lowest BCUT2D eigenvalue weighted by molar-refractivity contribution is 0.100. The van der Waals surface area contributed by atoms with Crippen molar-refractivity contribution in [3.05, 3.63) is 155 Å². The Morgan fingerprint density at radius 2 is 0.875 bits per heavy atom. The fraction of sp³-hybridized carbons (Fsp3) is 0.304. The SMILES string of the molecule is CCCCCCCc1cc(-c2ccc(-c3ccccc3)cc2)c(C(=O)c2ccccc2)c(C(=O)c2ccccc2)c1CCCCCCC. The summed E-state index contributed by atoms with van der Waals surface area (Å²) in [6, 6.07) is 40.1. The van der Waals surface area contributed by atoms with Crippen molar-refractivity contribution >= 4 is 11.6 Å². The normalized spacial score (nSPS) is 11.0. The number of unbranched alkanes of at least 4 members (excludes halogenated alkanes) is 8. The Balaban J connectivity index is 1.73. The zero-order chi connectivity index (χ0) is 33.6. The van der Waals surface area contributed by atoms with Gasteiger partial charge >= 0.3 is 0 Å². The number of ketones is 2. The van der Waals surface area contributed by atoms with Gasteiger partial charge in [-0.05, 0) is 59.1 Å². The summed E-state index contributed by atoms with van der Waals surface area (Å²) in [7, 11) is 0. The van der Waals surface area contributed by atoms with Gasteiger partial charge in [0, 0.05) is 22.3 Å². The summed E-state index contributed by atoms with van der Waals surface area (Å²) in [6.45, 7) is 4.48. The lowest BCUT2D eigenvalue weighted by Gasteiger charge is -2.23. The molecular formula is C46H50O2. The second-order valence-corrected chi connectivity index (χ2v) is 13.0. The van der Waals surface area contributed by atoms with E-state index in [1.807, 2.05) is 66.7 Å². The zero-order valence-corrected chi connectivity index (χ0v) is 28.8. The van der Waals surface area contributed by atoms with Gasteiger partial charge in [-0.2, -0.15) is 0 Å². The average Bonchev–Trinajstić information content (AvgIpc) is 3.15. The van der Waals surface area contributed by atoms with Crippen molar-refractivity contribution in [2.75, 3.05) is 0 Å². The number of carbonyl (C=O) groups excluding carboxylic acids is 2. The van der Waals surface area contributed by atoms with Crippen molar-refractivity contribution in [1.82, 2.24) is 0 Å². The van der Waals surface area contributed by atoms with Crippen LogP contribution >= 0.6 is 0 Å². The maximum absolute atomic E-state index is 14.8. The van der Waals surface area contributed by atoms with Gasteiger partial charge in [-0.15, -0.1) is 0 Å².